The number of hydrogen-bond acceptors (Lipinski definition) is 7. The van der Waals surface area contributed by atoms with Crippen molar-refractivity contribution in [1.82, 2.24) is 20.2 Å². The molecule has 0 saturated heterocycles. The van der Waals surface area contributed by atoms with Gasteiger partial charge in [0.15, 0.2) is 0 Å². The van der Waals surface area contributed by atoms with Gasteiger partial charge in [-0.25, -0.2) is 0 Å². The Morgan fingerprint density at radius 3 is 2.86 bits per heavy atom. The summed E-state index contributed by atoms with van der Waals surface area (Å²) in [5.41, 5.74) is 1.66. The average molecular weight is 302 g/mol. The van der Waals surface area contributed by atoms with E-state index in [-0.39, 0.29) is 9.92 Å². The Morgan fingerprint density at radius 1 is 1.29 bits per heavy atom. The van der Waals surface area contributed by atoms with Gasteiger partial charge in [0.1, 0.15) is 6.33 Å². The Bertz CT molecular complexity index is 755. The third-order valence-electron chi connectivity index (χ3n) is 2.78. The highest BCUT2D eigenvalue weighted by atomic mass is 32.1. The highest BCUT2D eigenvalue weighted by Gasteiger charge is 2.10. The molecule has 0 bridgehead atoms. The number of nitrogens with zero attached hydrogens (tertiary/aromatic N) is 5. The van der Waals surface area contributed by atoms with Gasteiger partial charge >= 0.3 is 5.00 Å². The number of anilines is 1. The quantitative estimate of drug-likeness (QED) is 0.573. The first-order chi connectivity index (χ1) is 10.2. The van der Waals surface area contributed by atoms with E-state index in [1.54, 1.807) is 10.7 Å². The normalized spacial score (nSPS) is 10.5. The molecular formula is C12H10N6O2S. The van der Waals surface area contributed by atoms with E-state index in [0.29, 0.717) is 6.54 Å². The summed E-state index contributed by atoms with van der Waals surface area (Å²) in [4.78, 5) is 11.2. The molecule has 0 aliphatic heterocycles. The maximum absolute atomic E-state index is 10.7. The SMILES string of the molecule is O=[N+]([O-])c1ccc(CNc2ccccc2-n2cnnn2)s1. The maximum atomic E-state index is 10.7. The van der Waals surface area contributed by atoms with Gasteiger partial charge in [0.25, 0.3) is 0 Å². The van der Waals surface area contributed by atoms with Crippen LogP contribution in [0.2, 0.25) is 0 Å². The number of hydrogen-bond donors (Lipinski definition) is 1. The lowest BCUT2D eigenvalue weighted by molar-refractivity contribution is -0.380. The Kier molecular flexibility index (Phi) is 3.56. The molecule has 0 aliphatic carbocycles. The summed E-state index contributed by atoms with van der Waals surface area (Å²) in [6.45, 7) is 0.498. The van der Waals surface area contributed by atoms with Gasteiger partial charge in [0.05, 0.1) is 16.3 Å². The second-order valence-electron chi connectivity index (χ2n) is 4.12. The fraction of sp³-hybridized carbons (Fsp3) is 0.0833. The molecule has 106 valence electrons. The van der Waals surface area contributed by atoms with Crippen molar-refractivity contribution in [2.45, 2.75) is 6.54 Å². The molecule has 9 heteroatoms. The van der Waals surface area contributed by atoms with Crippen molar-refractivity contribution >= 4 is 22.0 Å². The van der Waals surface area contributed by atoms with Crippen LogP contribution in [0.1, 0.15) is 4.88 Å². The van der Waals surface area contributed by atoms with Crippen LogP contribution >= 0.6 is 11.3 Å². The molecule has 0 fully saturated rings. The summed E-state index contributed by atoms with van der Waals surface area (Å²) in [6, 6.07) is 10.8. The number of tetrazole rings is 1. The zero-order chi connectivity index (χ0) is 14.7. The van der Waals surface area contributed by atoms with Crippen LogP contribution in [0.4, 0.5) is 10.7 Å². The highest BCUT2D eigenvalue weighted by molar-refractivity contribution is 7.15. The van der Waals surface area contributed by atoms with E-state index in [2.05, 4.69) is 20.8 Å². The lowest BCUT2D eigenvalue weighted by Crippen LogP contribution is -2.04. The summed E-state index contributed by atoms with van der Waals surface area (Å²) in [5.74, 6) is 0. The molecule has 8 nitrogen and oxygen atoms in total. The van der Waals surface area contributed by atoms with Crippen molar-refractivity contribution in [2.24, 2.45) is 0 Å². The summed E-state index contributed by atoms with van der Waals surface area (Å²) >= 11 is 1.15. The number of benzene rings is 1. The number of para-hydroxylation sites is 2. The first kappa shape index (κ1) is 13.2. The van der Waals surface area contributed by atoms with E-state index in [4.69, 9.17) is 0 Å². The predicted molar refractivity (Wildman–Crippen MR) is 77.5 cm³/mol. The molecule has 0 saturated carbocycles. The molecule has 0 unspecified atom stereocenters. The van der Waals surface area contributed by atoms with Gasteiger partial charge in [-0.3, -0.25) is 10.1 Å². The number of rotatable bonds is 5. The molecule has 0 radical (unpaired) electrons. The summed E-state index contributed by atoms with van der Waals surface area (Å²) in [6.07, 6.45) is 1.51. The van der Waals surface area contributed by atoms with Crippen LogP contribution < -0.4 is 5.32 Å². The number of thiophene rings is 1. The lowest BCUT2D eigenvalue weighted by atomic mass is 10.2. The maximum Gasteiger partial charge on any atom is 0.324 e. The van der Waals surface area contributed by atoms with E-state index >= 15 is 0 Å². The minimum Gasteiger partial charge on any atom is -0.378 e. The molecule has 1 aromatic carbocycles. The fourth-order valence-corrected chi connectivity index (χ4v) is 2.60. The molecule has 1 N–H and O–H groups in total. The van der Waals surface area contributed by atoms with Crippen LogP contribution in [0.5, 0.6) is 0 Å². The number of nitro groups is 1. The smallest absolute Gasteiger partial charge is 0.324 e. The molecule has 0 aliphatic rings. The van der Waals surface area contributed by atoms with Crippen molar-refractivity contribution in [2.75, 3.05) is 5.32 Å². The third kappa shape index (κ3) is 2.87. The van der Waals surface area contributed by atoms with Crippen LogP contribution in [0, 0.1) is 10.1 Å². The van der Waals surface area contributed by atoms with Crippen molar-refractivity contribution in [3.8, 4) is 5.69 Å². The molecule has 0 spiro atoms. The van der Waals surface area contributed by atoms with Crippen LogP contribution in [-0.2, 0) is 6.54 Å². The van der Waals surface area contributed by atoms with Crippen LogP contribution in [-0.4, -0.2) is 25.1 Å². The Hall–Kier alpha value is -2.81. The topological polar surface area (TPSA) is 98.8 Å². The molecule has 3 rings (SSSR count). The molecule has 0 atom stereocenters. The molecular weight excluding hydrogens is 292 g/mol. The number of aromatic nitrogens is 4. The first-order valence-corrected chi connectivity index (χ1v) is 6.85. The van der Waals surface area contributed by atoms with Crippen LogP contribution in [0.3, 0.4) is 0 Å². The van der Waals surface area contributed by atoms with Gasteiger partial charge in [-0.2, -0.15) is 4.68 Å². The van der Waals surface area contributed by atoms with E-state index in [9.17, 15) is 10.1 Å². The predicted octanol–water partition coefficient (Wildman–Crippen LogP) is 2.24. The average Bonchev–Trinajstić information content (AvgIpc) is 3.17. The first-order valence-electron chi connectivity index (χ1n) is 6.03. The van der Waals surface area contributed by atoms with E-state index in [1.807, 2.05) is 24.3 Å². The minimum absolute atomic E-state index is 0.139. The zero-order valence-electron chi connectivity index (χ0n) is 10.7. The largest absolute Gasteiger partial charge is 0.378 e. The van der Waals surface area contributed by atoms with Gasteiger partial charge in [0.2, 0.25) is 0 Å². The van der Waals surface area contributed by atoms with Gasteiger partial charge in [-0.05, 0) is 28.6 Å². The van der Waals surface area contributed by atoms with Gasteiger partial charge in [-0.1, -0.05) is 23.5 Å². The van der Waals surface area contributed by atoms with Crippen molar-refractivity contribution in [3.63, 3.8) is 0 Å². The summed E-state index contributed by atoms with van der Waals surface area (Å²) < 4.78 is 1.55. The van der Waals surface area contributed by atoms with Gasteiger partial charge in [-0.15, -0.1) is 5.10 Å². The fourth-order valence-electron chi connectivity index (χ4n) is 1.84. The second-order valence-corrected chi connectivity index (χ2v) is 5.27. The molecule has 3 aromatic rings. The van der Waals surface area contributed by atoms with Crippen molar-refractivity contribution in [1.29, 1.82) is 0 Å². The zero-order valence-corrected chi connectivity index (χ0v) is 11.5. The third-order valence-corrected chi connectivity index (χ3v) is 3.82. The Balaban J connectivity index is 1.77. The van der Waals surface area contributed by atoms with Crippen molar-refractivity contribution < 1.29 is 4.92 Å². The molecule has 2 aromatic heterocycles. The highest BCUT2D eigenvalue weighted by Crippen LogP contribution is 2.25. The van der Waals surface area contributed by atoms with Crippen LogP contribution in [0.25, 0.3) is 5.69 Å². The molecule has 0 amide bonds. The van der Waals surface area contributed by atoms with Crippen LogP contribution in [0.15, 0.2) is 42.7 Å². The standard InChI is InChI=1S/C12H10N6O2S/c19-18(20)12-6-5-9(21-12)7-13-10-3-1-2-4-11(10)17-8-14-15-16-17/h1-6,8,13H,7H2. The molecule has 2 heterocycles. The van der Waals surface area contributed by atoms with E-state index in [1.165, 1.54) is 12.4 Å². The Labute approximate surface area is 123 Å². The monoisotopic (exact) mass is 302 g/mol. The second kappa shape index (κ2) is 5.67. The van der Waals surface area contributed by atoms with Crippen molar-refractivity contribution in [3.05, 3.63) is 57.7 Å². The summed E-state index contributed by atoms with van der Waals surface area (Å²) in [7, 11) is 0. The minimum atomic E-state index is -0.386. The summed E-state index contributed by atoms with van der Waals surface area (Å²) in [5, 5.41) is 25.1. The van der Waals surface area contributed by atoms with Gasteiger partial charge in [0, 0.05) is 17.5 Å². The van der Waals surface area contributed by atoms with Gasteiger partial charge < -0.3 is 5.32 Å². The lowest BCUT2D eigenvalue weighted by Gasteiger charge is -2.09. The number of nitrogens with one attached hydrogen (secondary N) is 1. The van der Waals surface area contributed by atoms with E-state index < -0.39 is 0 Å². The Morgan fingerprint density at radius 2 is 2.14 bits per heavy atom. The molecule has 21 heavy (non-hydrogen) atoms. The van der Waals surface area contributed by atoms with E-state index in [0.717, 1.165) is 27.6 Å².